The van der Waals surface area contributed by atoms with E-state index in [4.69, 9.17) is 5.11 Å². The van der Waals surface area contributed by atoms with E-state index in [9.17, 15) is 17.6 Å². The summed E-state index contributed by atoms with van der Waals surface area (Å²) in [5.41, 5.74) is 5.08. The Hall–Kier alpha value is -2.74. The predicted octanol–water partition coefficient (Wildman–Crippen LogP) is 4.99. The molecule has 1 heterocycles. The molecule has 2 aromatic rings. The van der Waals surface area contributed by atoms with Crippen molar-refractivity contribution in [2.45, 2.75) is 51.4 Å². The van der Waals surface area contributed by atoms with Crippen LogP contribution in [-0.2, 0) is 21.2 Å². The number of rotatable bonds is 6. The zero-order chi connectivity index (χ0) is 24.1. The largest absolute Gasteiger partial charge is 0.481 e. The Morgan fingerprint density at radius 1 is 1.26 bits per heavy atom. The number of pyridine rings is 1. The third-order valence-corrected chi connectivity index (χ3v) is 9.47. The average Bonchev–Trinajstić information content (AvgIpc) is 3.14. The molecule has 1 fully saturated rings. The van der Waals surface area contributed by atoms with Crippen molar-refractivity contribution in [2.24, 2.45) is 17.3 Å². The molecule has 3 aliphatic carbocycles. The number of aryl methyl sites for hydroxylation is 1. The molecule has 3 aliphatic rings. The number of allylic oxidation sites excluding steroid dienone is 2. The lowest BCUT2D eigenvalue weighted by molar-refractivity contribution is -0.136. The van der Waals surface area contributed by atoms with Gasteiger partial charge >= 0.3 is 5.97 Å². The second kappa shape index (κ2) is 8.48. The highest BCUT2D eigenvalue weighted by Gasteiger charge is 2.52. The first-order valence-corrected chi connectivity index (χ1v) is 13.5. The van der Waals surface area contributed by atoms with E-state index in [1.807, 2.05) is 12.1 Å². The maximum atomic E-state index is 13.9. The number of hydrogen-bond donors (Lipinski definition) is 2. The summed E-state index contributed by atoms with van der Waals surface area (Å²) in [7, 11) is -3.70. The Morgan fingerprint density at radius 2 is 2.09 bits per heavy atom. The Bertz CT molecular complexity index is 1280. The summed E-state index contributed by atoms with van der Waals surface area (Å²) in [6.07, 6.45) is 9.83. The fourth-order valence-corrected chi connectivity index (χ4v) is 7.70. The summed E-state index contributed by atoms with van der Waals surface area (Å²) in [5, 5.41) is 8.77. The Kier molecular flexibility index (Phi) is 5.74. The van der Waals surface area contributed by atoms with Crippen LogP contribution in [0.1, 0.15) is 61.6 Å². The van der Waals surface area contributed by atoms with Gasteiger partial charge in [0, 0.05) is 11.9 Å². The van der Waals surface area contributed by atoms with Gasteiger partial charge in [0.25, 0.3) is 0 Å². The lowest BCUT2D eigenvalue weighted by Crippen LogP contribution is -2.40. The second-order valence-corrected chi connectivity index (χ2v) is 11.9. The van der Waals surface area contributed by atoms with Crippen molar-refractivity contribution in [3.63, 3.8) is 0 Å². The van der Waals surface area contributed by atoms with Crippen LogP contribution in [0, 0.1) is 23.1 Å². The van der Waals surface area contributed by atoms with Crippen molar-refractivity contribution in [1.82, 2.24) is 4.98 Å². The predicted molar refractivity (Wildman–Crippen MR) is 128 cm³/mol. The minimum Gasteiger partial charge on any atom is -0.481 e. The normalized spacial score (nSPS) is 27.8. The molecule has 34 heavy (non-hydrogen) atoms. The first-order valence-electron chi connectivity index (χ1n) is 11.8. The van der Waals surface area contributed by atoms with Gasteiger partial charge in [-0.15, -0.1) is 0 Å². The molecule has 1 saturated carbocycles. The maximum Gasteiger partial charge on any atom is 0.304 e. The Labute approximate surface area is 199 Å². The van der Waals surface area contributed by atoms with E-state index in [0.29, 0.717) is 23.4 Å². The number of sulfonamides is 1. The highest BCUT2D eigenvalue weighted by molar-refractivity contribution is 7.92. The first kappa shape index (κ1) is 23.0. The van der Waals surface area contributed by atoms with Crippen LogP contribution in [0.25, 0.3) is 5.57 Å². The smallest absolute Gasteiger partial charge is 0.304 e. The van der Waals surface area contributed by atoms with E-state index in [1.54, 1.807) is 18.3 Å². The minimum atomic E-state index is -3.70. The van der Waals surface area contributed by atoms with Crippen LogP contribution in [0.15, 0.2) is 42.7 Å². The molecule has 6 nitrogen and oxygen atoms in total. The van der Waals surface area contributed by atoms with Gasteiger partial charge in [-0.05, 0) is 95.7 Å². The standard InChI is InChI=1S/C26H29FN2O4S/c1-26-10-8-21-20-5-3-19(29-34(32,33)11-9-25(30)31)13-16(20)2-4-22(21)24(26)7-6-23(26)17-12-18(27)15-28-14-17/h3,5-6,12-15,21-22,24,29H,2,4,7-11H2,1H3,(H,30,31)/t21-,22-,24+,26-/m1/s1. The van der Waals surface area contributed by atoms with E-state index >= 15 is 0 Å². The molecule has 0 unspecified atom stereocenters. The number of carboxylic acid groups (broad SMARTS) is 1. The summed E-state index contributed by atoms with van der Waals surface area (Å²) in [5.74, 6) is -0.436. The summed E-state index contributed by atoms with van der Waals surface area (Å²) < 4.78 is 40.8. The fraction of sp³-hybridized carbons (Fsp3) is 0.462. The molecule has 0 radical (unpaired) electrons. The SMILES string of the molecule is C[C@]12CC[C@@H]3c4ccc(NS(=O)(=O)CCC(=O)O)cc4CC[C@H]3[C@@H]1CC=C2c1cncc(F)c1. The third kappa shape index (κ3) is 4.13. The summed E-state index contributed by atoms with van der Waals surface area (Å²) in [4.78, 5) is 14.8. The summed E-state index contributed by atoms with van der Waals surface area (Å²) in [6, 6.07) is 7.34. The third-order valence-electron chi connectivity index (χ3n) is 8.18. The summed E-state index contributed by atoms with van der Waals surface area (Å²) >= 11 is 0. The molecule has 8 heteroatoms. The van der Waals surface area contributed by atoms with Gasteiger partial charge in [-0.1, -0.05) is 19.1 Å². The van der Waals surface area contributed by atoms with Crippen LogP contribution in [-0.4, -0.2) is 30.2 Å². The van der Waals surface area contributed by atoms with E-state index in [-0.39, 0.29) is 11.2 Å². The number of benzene rings is 1. The Morgan fingerprint density at radius 3 is 2.85 bits per heavy atom. The van der Waals surface area contributed by atoms with Gasteiger partial charge in [-0.3, -0.25) is 14.5 Å². The van der Waals surface area contributed by atoms with Gasteiger partial charge in [0.05, 0.1) is 18.4 Å². The number of hydrogen-bond acceptors (Lipinski definition) is 4. The zero-order valence-electron chi connectivity index (χ0n) is 19.1. The van der Waals surface area contributed by atoms with Crippen molar-refractivity contribution in [1.29, 1.82) is 0 Å². The highest BCUT2D eigenvalue weighted by Crippen LogP contribution is 2.63. The maximum absolute atomic E-state index is 13.9. The van der Waals surface area contributed by atoms with Gasteiger partial charge in [0.2, 0.25) is 10.0 Å². The Balaban J connectivity index is 1.35. The quantitative estimate of drug-likeness (QED) is 0.602. The van der Waals surface area contributed by atoms with Crippen LogP contribution in [0.3, 0.4) is 0 Å². The van der Waals surface area contributed by atoms with Crippen LogP contribution in [0.4, 0.5) is 10.1 Å². The lowest BCUT2D eigenvalue weighted by Gasteiger charge is -2.50. The average molecular weight is 485 g/mol. The van der Waals surface area contributed by atoms with Crippen LogP contribution in [0.2, 0.25) is 0 Å². The zero-order valence-corrected chi connectivity index (χ0v) is 19.9. The molecule has 0 bridgehead atoms. The molecular formula is C26H29FN2O4S. The number of aromatic nitrogens is 1. The van der Waals surface area contributed by atoms with Gasteiger partial charge < -0.3 is 5.11 Å². The minimum absolute atomic E-state index is 0.00780. The molecule has 1 aromatic carbocycles. The molecule has 180 valence electrons. The lowest BCUT2D eigenvalue weighted by atomic mass is 9.54. The van der Waals surface area contributed by atoms with Crippen molar-refractivity contribution >= 4 is 27.3 Å². The molecule has 2 N–H and O–H groups in total. The summed E-state index contributed by atoms with van der Waals surface area (Å²) in [6.45, 7) is 2.32. The number of anilines is 1. The number of aliphatic carboxylic acids is 1. The van der Waals surface area contributed by atoms with Crippen LogP contribution >= 0.6 is 0 Å². The van der Waals surface area contributed by atoms with Crippen molar-refractivity contribution in [3.8, 4) is 0 Å². The van der Waals surface area contributed by atoms with Crippen LogP contribution < -0.4 is 4.72 Å². The number of nitrogens with one attached hydrogen (secondary N) is 1. The molecule has 1 aromatic heterocycles. The van der Waals surface area contributed by atoms with E-state index < -0.39 is 28.2 Å². The molecule has 5 rings (SSSR count). The van der Waals surface area contributed by atoms with Crippen molar-refractivity contribution < 1.29 is 22.7 Å². The van der Waals surface area contributed by atoms with Crippen LogP contribution in [0.5, 0.6) is 0 Å². The topological polar surface area (TPSA) is 96.4 Å². The van der Waals surface area contributed by atoms with Gasteiger partial charge in [0.15, 0.2) is 0 Å². The molecule has 0 aliphatic heterocycles. The highest BCUT2D eigenvalue weighted by atomic mass is 32.2. The van der Waals surface area contributed by atoms with Crippen molar-refractivity contribution in [2.75, 3.05) is 10.5 Å². The van der Waals surface area contributed by atoms with E-state index in [2.05, 4.69) is 22.7 Å². The number of halogens is 1. The molecular weight excluding hydrogens is 455 g/mol. The fourth-order valence-electron chi connectivity index (χ4n) is 6.67. The van der Waals surface area contributed by atoms with Gasteiger partial charge in [0.1, 0.15) is 5.82 Å². The number of carboxylic acids is 1. The molecule has 4 atom stereocenters. The molecule has 0 saturated heterocycles. The number of fused-ring (bicyclic) bond motifs is 5. The first-order chi connectivity index (χ1) is 16.2. The monoisotopic (exact) mass is 484 g/mol. The second-order valence-electron chi connectivity index (χ2n) is 10.1. The molecule has 0 amide bonds. The number of nitrogens with zero attached hydrogens (tertiary/aromatic N) is 1. The number of carbonyl (C=O) groups is 1. The van der Waals surface area contributed by atoms with Gasteiger partial charge in [-0.25, -0.2) is 12.8 Å². The van der Waals surface area contributed by atoms with E-state index in [1.165, 1.54) is 22.9 Å². The van der Waals surface area contributed by atoms with Crippen molar-refractivity contribution in [3.05, 3.63) is 65.2 Å². The molecule has 0 spiro atoms. The van der Waals surface area contributed by atoms with Gasteiger partial charge in [-0.2, -0.15) is 0 Å². The van der Waals surface area contributed by atoms with E-state index in [0.717, 1.165) is 37.7 Å².